The van der Waals surface area contributed by atoms with Crippen molar-refractivity contribution < 1.29 is 29.3 Å². The molecule has 0 heterocycles. The molecule has 2 N–H and O–H groups in total. The molecule has 200 valence electrons. The Kier molecular flexibility index (Phi) is 25.1. The van der Waals surface area contributed by atoms with Crippen molar-refractivity contribution in [2.45, 2.75) is 64.7 Å². The minimum absolute atomic E-state index is 0.220. The van der Waals surface area contributed by atoms with Crippen LogP contribution < -0.4 is 5.11 Å². The van der Waals surface area contributed by atoms with Crippen LogP contribution in [0.25, 0.3) is 0 Å². The standard InChI is InChI=1S/C16H36NO2.C7H6O2.C4H11NO/c1-4-5-6-7-8-9-10-11-12-15-19-16-17(2,3)13-14-18;8-7(9)6-4-2-1-3-5-6;1-5(2)3-4-6/h18H,4-16H2,1-3H3;1-5H,(H,8,9);6H,3-4H2,1-2H3/q+1;;/p-1. The number of carboxylic acids is 1. The second-order valence-corrected chi connectivity index (χ2v) is 9.43. The van der Waals surface area contributed by atoms with E-state index in [1.165, 1.54) is 69.9 Å². The Balaban J connectivity index is 0. The second-order valence-electron chi connectivity index (χ2n) is 9.43. The minimum atomic E-state index is -1.13. The highest BCUT2D eigenvalue weighted by Gasteiger charge is 2.13. The molecule has 0 unspecified atom stereocenters. The van der Waals surface area contributed by atoms with Crippen molar-refractivity contribution in [1.82, 2.24) is 4.90 Å². The third kappa shape index (κ3) is 26.7. The Labute approximate surface area is 208 Å². The first-order valence-electron chi connectivity index (χ1n) is 12.7. The van der Waals surface area contributed by atoms with Gasteiger partial charge in [-0.15, -0.1) is 0 Å². The first-order chi connectivity index (χ1) is 16.2. The summed E-state index contributed by atoms with van der Waals surface area (Å²) in [5.74, 6) is -1.13. The number of ether oxygens (including phenoxy) is 1. The lowest BCUT2D eigenvalue weighted by Gasteiger charge is -2.28. The molecular formula is C27H52N2O5. The van der Waals surface area contributed by atoms with Crippen molar-refractivity contribution in [3.05, 3.63) is 35.9 Å². The number of quaternary nitrogens is 1. The molecule has 0 aliphatic carbocycles. The first kappa shape index (κ1) is 34.7. The fourth-order valence-electron chi connectivity index (χ4n) is 2.94. The molecule has 0 fully saturated rings. The average Bonchev–Trinajstić information content (AvgIpc) is 2.79. The van der Waals surface area contributed by atoms with Gasteiger partial charge in [0.2, 0.25) is 0 Å². The Bertz CT molecular complexity index is 553. The van der Waals surface area contributed by atoms with Gasteiger partial charge in [0.05, 0.1) is 39.9 Å². The number of carbonyl (C=O) groups excluding carboxylic acids is 1. The minimum Gasteiger partial charge on any atom is -0.545 e. The van der Waals surface area contributed by atoms with Crippen molar-refractivity contribution in [3.8, 4) is 0 Å². The molecule has 0 amide bonds. The summed E-state index contributed by atoms with van der Waals surface area (Å²) in [6.45, 7) is 5.85. The summed E-state index contributed by atoms with van der Waals surface area (Å²) in [7, 11) is 8.03. The molecule has 0 aliphatic heterocycles. The Morgan fingerprint density at radius 1 is 0.912 bits per heavy atom. The van der Waals surface area contributed by atoms with E-state index in [-0.39, 0.29) is 18.8 Å². The van der Waals surface area contributed by atoms with Crippen LogP contribution >= 0.6 is 0 Å². The third-order valence-corrected chi connectivity index (χ3v) is 5.10. The number of unbranched alkanes of at least 4 members (excludes halogenated alkanes) is 8. The van der Waals surface area contributed by atoms with Gasteiger partial charge >= 0.3 is 0 Å². The van der Waals surface area contributed by atoms with Crippen LogP contribution in [0.2, 0.25) is 0 Å². The molecular weight excluding hydrogens is 432 g/mol. The van der Waals surface area contributed by atoms with Crippen LogP contribution in [-0.2, 0) is 4.74 Å². The SMILES string of the molecule is CCCCCCCCCCCOC[N+](C)(C)CCO.CN(C)CCO.O=C([O-])c1ccccc1. The molecule has 0 saturated heterocycles. The van der Waals surface area contributed by atoms with Gasteiger partial charge in [-0.1, -0.05) is 88.6 Å². The summed E-state index contributed by atoms with van der Waals surface area (Å²) in [5.41, 5.74) is 0.220. The van der Waals surface area contributed by atoms with E-state index in [2.05, 4.69) is 21.0 Å². The zero-order valence-electron chi connectivity index (χ0n) is 22.5. The van der Waals surface area contributed by atoms with Crippen LogP contribution in [0.5, 0.6) is 0 Å². The van der Waals surface area contributed by atoms with Crippen LogP contribution in [-0.4, -0.2) is 93.4 Å². The van der Waals surface area contributed by atoms with Gasteiger partial charge in [-0.25, -0.2) is 0 Å². The fourth-order valence-corrected chi connectivity index (χ4v) is 2.94. The molecule has 0 aromatic heterocycles. The predicted molar refractivity (Wildman–Crippen MR) is 139 cm³/mol. The maximum atomic E-state index is 10.1. The van der Waals surface area contributed by atoms with E-state index >= 15 is 0 Å². The number of hydrogen-bond donors (Lipinski definition) is 2. The van der Waals surface area contributed by atoms with Crippen LogP contribution in [0.1, 0.15) is 75.1 Å². The number of aliphatic hydroxyl groups is 2. The first-order valence-corrected chi connectivity index (χ1v) is 12.7. The molecule has 1 rings (SSSR count). The smallest absolute Gasteiger partial charge is 0.182 e. The van der Waals surface area contributed by atoms with Gasteiger partial charge in [-0.3, -0.25) is 0 Å². The maximum absolute atomic E-state index is 10.1. The van der Waals surface area contributed by atoms with E-state index in [9.17, 15) is 9.90 Å². The van der Waals surface area contributed by atoms with Crippen molar-refractivity contribution in [2.75, 3.05) is 67.8 Å². The van der Waals surface area contributed by atoms with Crippen molar-refractivity contribution in [1.29, 1.82) is 0 Å². The van der Waals surface area contributed by atoms with Crippen molar-refractivity contribution >= 4 is 5.97 Å². The molecule has 0 bridgehead atoms. The van der Waals surface area contributed by atoms with E-state index < -0.39 is 5.97 Å². The maximum Gasteiger partial charge on any atom is 0.182 e. The summed E-state index contributed by atoms with van der Waals surface area (Å²) < 4.78 is 6.42. The number of benzene rings is 1. The van der Waals surface area contributed by atoms with E-state index in [1.54, 1.807) is 18.2 Å². The lowest BCUT2D eigenvalue weighted by Crippen LogP contribution is -2.43. The van der Waals surface area contributed by atoms with Crippen molar-refractivity contribution in [3.63, 3.8) is 0 Å². The molecule has 0 aliphatic rings. The van der Waals surface area contributed by atoms with E-state index in [0.717, 1.165) is 24.2 Å². The molecule has 0 spiro atoms. The Morgan fingerprint density at radius 2 is 1.44 bits per heavy atom. The molecule has 7 nitrogen and oxygen atoms in total. The summed E-state index contributed by atoms with van der Waals surface area (Å²) in [4.78, 5) is 12.0. The average molecular weight is 485 g/mol. The van der Waals surface area contributed by atoms with Crippen LogP contribution in [0.15, 0.2) is 30.3 Å². The summed E-state index contributed by atoms with van der Waals surface area (Å²) in [5, 5.41) is 27.2. The summed E-state index contributed by atoms with van der Waals surface area (Å²) in [6.07, 6.45) is 12.2. The highest BCUT2D eigenvalue weighted by Crippen LogP contribution is 2.09. The lowest BCUT2D eigenvalue weighted by atomic mass is 10.1. The highest BCUT2D eigenvalue weighted by molar-refractivity contribution is 5.85. The molecule has 0 radical (unpaired) electrons. The number of likely N-dealkylation sites (N-methyl/N-ethyl adjacent to an activating group) is 2. The van der Waals surface area contributed by atoms with Gasteiger partial charge in [0.25, 0.3) is 0 Å². The number of nitrogens with zero attached hydrogens (tertiary/aromatic N) is 2. The van der Waals surface area contributed by atoms with E-state index in [0.29, 0.717) is 6.73 Å². The number of hydrogen-bond acceptors (Lipinski definition) is 6. The van der Waals surface area contributed by atoms with Gasteiger partial charge in [0.1, 0.15) is 6.54 Å². The van der Waals surface area contributed by atoms with Gasteiger partial charge in [0.15, 0.2) is 6.73 Å². The summed E-state index contributed by atoms with van der Waals surface area (Å²) >= 11 is 0. The van der Waals surface area contributed by atoms with Crippen molar-refractivity contribution in [2.24, 2.45) is 0 Å². The highest BCUT2D eigenvalue weighted by atomic mass is 16.5. The van der Waals surface area contributed by atoms with E-state index in [4.69, 9.17) is 14.9 Å². The van der Waals surface area contributed by atoms with Crippen LogP contribution in [0.4, 0.5) is 0 Å². The third-order valence-electron chi connectivity index (χ3n) is 5.10. The largest absolute Gasteiger partial charge is 0.545 e. The van der Waals surface area contributed by atoms with Gasteiger partial charge < -0.3 is 34.2 Å². The van der Waals surface area contributed by atoms with Gasteiger partial charge in [-0.2, -0.15) is 0 Å². The van der Waals surface area contributed by atoms with Gasteiger partial charge in [0, 0.05) is 6.54 Å². The molecule has 1 aromatic carbocycles. The van der Waals surface area contributed by atoms with E-state index in [1.807, 2.05) is 19.0 Å². The molecule has 0 saturated carbocycles. The zero-order valence-corrected chi connectivity index (χ0v) is 22.5. The topological polar surface area (TPSA) is 93.1 Å². The van der Waals surface area contributed by atoms with Crippen LogP contribution in [0.3, 0.4) is 0 Å². The normalized spacial score (nSPS) is 10.8. The lowest BCUT2D eigenvalue weighted by molar-refractivity contribution is -0.910. The van der Waals surface area contributed by atoms with Crippen LogP contribution in [0, 0.1) is 0 Å². The quantitative estimate of drug-likeness (QED) is 0.200. The number of aliphatic hydroxyl groups excluding tert-OH is 2. The molecule has 34 heavy (non-hydrogen) atoms. The molecule has 0 atom stereocenters. The fraction of sp³-hybridized carbons (Fsp3) is 0.741. The predicted octanol–water partition coefficient (Wildman–Crippen LogP) is 3.15. The Morgan fingerprint density at radius 3 is 1.82 bits per heavy atom. The second kappa shape index (κ2) is 24.6. The molecule has 7 heteroatoms. The van der Waals surface area contributed by atoms with Gasteiger partial charge in [-0.05, 0) is 26.1 Å². The number of rotatable bonds is 17. The summed E-state index contributed by atoms with van der Waals surface area (Å²) in [6, 6.07) is 8.06. The monoisotopic (exact) mass is 484 g/mol. The number of aromatic carboxylic acids is 1. The zero-order chi connectivity index (χ0) is 26.1. The number of carboxylic acid groups (broad SMARTS) is 1. The Hall–Kier alpha value is -1.51. The molecule has 1 aromatic rings. The number of carbonyl (C=O) groups is 1.